The first-order valence-electron chi connectivity index (χ1n) is 3.97. The van der Waals surface area contributed by atoms with Crippen molar-refractivity contribution in [2.75, 3.05) is 0 Å². The number of hydrogen-bond donors (Lipinski definition) is 0. The summed E-state index contributed by atoms with van der Waals surface area (Å²) in [6.45, 7) is 0. The van der Waals surface area contributed by atoms with Crippen LogP contribution in [0.15, 0.2) is 0 Å². The second-order valence-electron chi connectivity index (χ2n) is 2.39. The highest BCUT2D eigenvalue weighted by Crippen LogP contribution is 2.04. The van der Waals surface area contributed by atoms with Crippen molar-refractivity contribution in [2.24, 2.45) is 0 Å². The van der Waals surface area contributed by atoms with Crippen LogP contribution in [0.2, 0.25) is 0 Å². The predicted molar refractivity (Wildman–Crippen MR) is 43.2 cm³/mol. The zero-order chi connectivity index (χ0) is 8.36. The molecule has 0 saturated carbocycles. The lowest BCUT2D eigenvalue weighted by molar-refractivity contribution is 0.720. The van der Waals surface area contributed by atoms with E-state index >= 15 is 0 Å². The van der Waals surface area contributed by atoms with Crippen LogP contribution in [-0.2, 0) is 0 Å². The fraction of sp³-hybridized carbons (Fsp3) is 0.667. The quantitative estimate of drug-likeness (QED) is 0.545. The van der Waals surface area contributed by atoms with Gasteiger partial charge in [0.25, 0.3) is 0 Å². The minimum Gasteiger partial charge on any atom is -0.198 e. The summed E-state index contributed by atoms with van der Waals surface area (Å²) >= 11 is 0. The Morgan fingerprint density at radius 3 is 2.27 bits per heavy atom. The van der Waals surface area contributed by atoms with Crippen LogP contribution in [0.25, 0.3) is 0 Å². The number of nitriles is 2. The highest BCUT2D eigenvalue weighted by atomic mass is 14.2. The third kappa shape index (κ3) is 8.98. The van der Waals surface area contributed by atoms with E-state index in [1.165, 1.54) is 0 Å². The van der Waals surface area contributed by atoms with Crippen LogP contribution in [0.5, 0.6) is 0 Å². The maximum atomic E-state index is 8.20. The lowest BCUT2D eigenvalue weighted by Gasteiger charge is -1.94. The lowest BCUT2D eigenvalue weighted by atomic mass is 10.1. The molecule has 0 aromatic carbocycles. The molecule has 11 heavy (non-hydrogen) atoms. The third-order valence-corrected chi connectivity index (χ3v) is 1.41. The summed E-state index contributed by atoms with van der Waals surface area (Å²) < 4.78 is 0. The number of rotatable bonds is 6. The summed E-state index contributed by atoms with van der Waals surface area (Å²) in [7, 11) is 0. The Kier molecular flexibility index (Phi) is 8.15. The van der Waals surface area contributed by atoms with Gasteiger partial charge in [0.1, 0.15) is 0 Å². The molecule has 0 unspecified atom stereocenters. The Morgan fingerprint density at radius 1 is 0.909 bits per heavy atom. The second kappa shape index (κ2) is 8.98. The van der Waals surface area contributed by atoms with Gasteiger partial charge in [-0.15, -0.1) is 0 Å². The SMILES string of the molecule is N#CCC[CH]CCCCC#N. The molecule has 0 aromatic rings. The number of nitrogens with zero attached hydrogens (tertiary/aromatic N) is 2. The molecule has 59 valence electrons. The van der Waals surface area contributed by atoms with Gasteiger partial charge in [-0.05, 0) is 19.3 Å². The van der Waals surface area contributed by atoms with Crippen molar-refractivity contribution >= 4 is 0 Å². The van der Waals surface area contributed by atoms with E-state index in [2.05, 4.69) is 18.6 Å². The van der Waals surface area contributed by atoms with Crippen molar-refractivity contribution in [1.29, 1.82) is 10.5 Å². The van der Waals surface area contributed by atoms with E-state index in [0.717, 1.165) is 25.7 Å². The molecular weight excluding hydrogens is 136 g/mol. The lowest BCUT2D eigenvalue weighted by Crippen LogP contribution is -1.78. The van der Waals surface area contributed by atoms with E-state index in [1.807, 2.05) is 0 Å². The molecule has 0 aromatic heterocycles. The minimum atomic E-state index is 0.623. The molecule has 0 aliphatic carbocycles. The van der Waals surface area contributed by atoms with Crippen LogP contribution in [0.4, 0.5) is 0 Å². The van der Waals surface area contributed by atoms with Crippen molar-refractivity contribution in [3.63, 3.8) is 0 Å². The van der Waals surface area contributed by atoms with E-state index in [0.29, 0.717) is 12.8 Å². The summed E-state index contributed by atoms with van der Waals surface area (Å²) in [6, 6.07) is 4.19. The van der Waals surface area contributed by atoms with Crippen molar-refractivity contribution in [3.8, 4) is 12.1 Å². The van der Waals surface area contributed by atoms with E-state index in [4.69, 9.17) is 10.5 Å². The highest BCUT2D eigenvalue weighted by molar-refractivity contribution is 4.76. The van der Waals surface area contributed by atoms with E-state index in [1.54, 1.807) is 0 Å². The largest absolute Gasteiger partial charge is 0.198 e. The third-order valence-electron chi connectivity index (χ3n) is 1.41. The van der Waals surface area contributed by atoms with Crippen molar-refractivity contribution in [1.82, 2.24) is 0 Å². The summed E-state index contributed by atoms with van der Waals surface area (Å²) in [6.07, 6.45) is 7.41. The molecule has 0 N–H and O–H groups in total. The highest BCUT2D eigenvalue weighted by Gasteiger charge is 1.89. The molecule has 0 atom stereocenters. The van der Waals surface area contributed by atoms with Crippen molar-refractivity contribution < 1.29 is 0 Å². The minimum absolute atomic E-state index is 0.623. The average Bonchev–Trinajstić information content (AvgIpc) is 2.03. The standard InChI is InChI=1S/C9H13N2/c10-8-6-4-2-1-3-5-7-9-11/h2H,1,3-7H2. The molecule has 0 fully saturated rings. The van der Waals surface area contributed by atoms with Gasteiger partial charge in [0.05, 0.1) is 12.1 Å². The van der Waals surface area contributed by atoms with Gasteiger partial charge < -0.3 is 0 Å². The van der Waals surface area contributed by atoms with Gasteiger partial charge in [-0.25, -0.2) is 0 Å². The average molecular weight is 149 g/mol. The Balaban J connectivity index is 2.82. The molecular formula is C9H13N2. The molecule has 0 saturated heterocycles. The first-order chi connectivity index (χ1) is 5.41. The van der Waals surface area contributed by atoms with E-state index < -0.39 is 0 Å². The smallest absolute Gasteiger partial charge is 0.0621 e. The Bertz CT molecular complexity index is 132. The molecule has 2 heteroatoms. The van der Waals surface area contributed by atoms with Gasteiger partial charge >= 0.3 is 0 Å². The summed E-state index contributed by atoms with van der Waals surface area (Å²) in [4.78, 5) is 0. The topological polar surface area (TPSA) is 47.6 Å². The van der Waals surface area contributed by atoms with Gasteiger partial charge in [0.15, 0.2) is 0 Å². The fourth-order valence-corrected chi connectivity index (χ4v) is 0.804. The fourth-order valence-electron chi connectivity index (χ4n) is 0.804. The Morgan fingerprint density at radius 2 is 1.64 bits per heavy atom. The predicted octanol–water partition coefficient (Wildman–Crippen LogP) is 2.58. The van der Waals surface area contributed by atoms with Crippen LogP contribution in [0, 0.1) is 29.1 Å². The normalized spacial score (nSPS) is 8.55. The van der Waals surface area contributed by atoms with Gasteiger partial charge in [-0.3, -0.25) is 0 Å². The molecule has 0 aliphatic heterocycles. The number of hydrogen-bond acceptors (Lipinski definition) is 2. The molecule has 2 nitrogen and oxygen atoms in total. The van der Waals surface area contributed by atoms with Gasteiger partial charge in [0.2, 0.25) is 0 Å². The molecule has 0 aliphatic rings. The molecule has 1 radical (unpaired) electrons. The second-order valence-corrected chi connectivity index (χ2v) is 2.39. The molecule has 0 bridgehead atoms. The van der Waals surface area contributed by atoms with Crippen molar-refractivity contribution in [2.45, 2.75) is 38.5 Å². The maximum Gasteiger partial charge on any atom is 0.0621 e. The van der Waals surface area contributed by atoms with Crippen LogP contribution in [-0.4, -0.2) is 0 Å². The van der Waals surface area contributed by atoms with E-state index in [-0.39, 0.29) is 0 Å². The number of unbranched alkanes of at least 4 members (excludes halogenated alkanes) is 6. The molecule has 0 heterocycles. The van der Waals surface area contributed by atoms with Gasteiger partial charge in [-0.1, -0.05) is 12.8 Å². The molecule has 0 amide bonds. The zero-order valence-corrected chi connectivity index (χ0v) is 6.71. The Hall–Kier alpha value is -1.02. The van der Waals surface area contributed by atoms with Crippen LogP contribution in [0.1, 0.15) is 38.5 Å². The first kappa shape index (κ1) is 9.98. The van der Waals surface area contributed by atoms with Crippen LogP contribution in [0.3, 0.4) is 0 Å². The Labute approximate surface area is 68.4 Å². The van der Waals surface area contributed by atoms with Gasteiger partial charge in [-0.2, -0.15) is 10.5 Å². The monoisotopic (exact) mass is 149 g/mol. The first-order valence-corrected chi connectivity index (χ1v) is 3.97. The zero-order valence-electron chi connectivity index (χ0n) is 6.71. The van der Waals surface area contributed by atoms with Gasteiger partial charge in [0, 0.05) is 12.8 Å². The molecule has 0 spiro atoms. The summed E-state index contributed by atoms with van der Waals surface area (Å²) in [5.41, 5.74) is 0. The maximum absolute atomic E-state index is 8.20. The van der Waals surface area contributed by atoms with E-state index in [9.17, 15) is 0 Å². The van der Waals surface area contributed by atoms with Crippen molar-refractivity contribution in [3.05, 3.63) is 6.42 Å². The van der Waals surface area contributed by atoms with Crippen LogP contribution < -0.4 is 0 Å². The van der Waals surface area contributed by atoms with Crippen LogP contribution >= 0.6 is 0 Å². The molecule has 0 rings (SSSR count). The summed E-state index contributed by atoms with van der Waals surface area (Å²) in [5.74, 6) is 0. The summed E-state index contributed by atoms with van der Waals surface area (Å²) in [5, 5.41) is 16.4.